The van der Waals surface area contributed by atoms with Gasteiger partial charge in [-0.1, -0.05) is 18.5 Å². The van der Waals surface area contributed by atoms with Crippen LogP contribution in [0, 0.1) is 0 Å². The van der Waals surface area contributed by atoms with Crippen molar-refractivity contribution in [3.05, 3.63) is 16.4 Å². The van der Waals surface area contributed by atoms with Gasteiger partial charge in [0.2, 0.25) is 0 Å². The first kappa shape index (κ1) is 16.5. The molecule has 1 aromatic heterocycles. The minimum Gasteiger partial charge on any atom is -0.391 e. The summed E-state index contributed by atoms with van der Waals surface area (Å²) in [6.45, 7) is 6.02. The van der Waals surface area contributed by atoms with E-state index < -0.39 is 21.2 Å². The molecule has 0 amide bonds. The third-order valence-corrected chi connectivity index (χ3v) is 5.41. The van der Waals surface area contributed by atoms with Gasteiger partial charge in [0.25, 0.3) is 0 Å². The first-order valence-corrected chi connectivity index (χ1v) is 8.66. The Bertz CT molecular complexity index is 539. The number of aromatic nitrogens is 2. The van der Waals surface area contributed by atoms with Gasteiger partial charge >= 0.3 is 0 Å². The lowest BCUT2D eigenvalue weighted by molar-refractivity contribution is 0.170. The van der Waals surface area contributed by atoms with Crippen molar-refractivity contribution < 1.29 is 13.5 Å². The molecular weight excluding hydrogens is 288 g/mol. The molecule has 0 radical (unpaired) electrons. The second-order valence-electron chi connectivity index (χ2n) is 4.68. The van der Waals surface area contributed by atoms with Crippen LogP contribution in [-0.4, -0.2) is 40.9 Å². The van der Waals surface area contributed by atoms with Crippen molar-refractivity contribution in [2.24, 2.45) is 0 Å². The molecule has 0 fully saturated rings. The predicted molar refractivity (Wildman–Crippen MR) is 76.3 cm³/mol. The van der Waals surface area contributed by atoms with Crippen LogP contribution in [0.1, 0.15) is 32.2 Å². The zero-order valence-electron chi connectivity index (χ0n) is 11.7. The van der Waals surface area contributed by atoms with Gasteiger partial charge in [-0.2, -0.15) is 5.10 Å². The SMILES string of the molecule is CCc1nn(CC)c(CC(O)C(C)S(C)(=O)=O)c1Cl. The first-order chi connectivity index (χ1) is 8.72. The van der Waals surface area contributed by atoms with E-state index in [-0.39, 0.29) is 6.42 Å². The number of nitrogens with zero attached hydrogens (tertiary/aromatic N) is 2. The smallest absolute Gasteiger partial charge is 0.152 e. The lowest BCUT2D eigenvalue weighted by atomic mass is 10.1. The van der Waals surface area contributed by atoms with Crippen LogP contribution in [0.2, 0.25) is 5.02 Å². The Hall–Kier alpha value is -0.590. The molecule has 0 saturated heterocycles. The summed E-state index contributed by atoms with van der Waals surface area (Å²) in [4.78, 5) is 0. The normalized spacial score (nSPS) is 15.5. The summed E-state index contributed by atoms with van der Waals surface area (Å²) >= 11 is 6.23. The van der Waals surface area contributed by atoms with Crippen molar-refractivity contribution in [2.45, 2.75) is 51.5 Å². The van der Waals surface area contributed by atoms with E-state index in [9.17, 15) is 13.5 Å². The zero-order chi connectivity index (χ0) is 14.8. The first-order valence-electron chi connectivity index (χ1n) is 6.33. The zero-order valence-corrected chi connectivity index (χ0v) is 13.3. The molecule has 7 heteroatoms. The van der Waals surface area contributed by atoms with Crippen LogP contribution in [0.3, 0.4) is 0 Å². The average molecular weight is 309 g/mol. The Balaban J connectivity index is 3.02. The molecule has 0 aliphatic carbocycles. The lowest BCUT2D eigenvalue weighted by Gasteiger charge is -2.17. The second kappa shape index (κ2) is 6.24. The topological polar surface area (TPSA) is 72.2 Å². The molecule has 5 nitrogen and oxygen atoms in total. The Morgan fingerprint density at radius 1 is 1.42 bits per heavy atom. The highest BCUT2D eigenvalue weighted by molar-refractivity contribution is 7.91. The van der Waals surface area contributed by atoms with E-state index in [1.807, 2.05) is 13.8 Å². The van der Waals surface area contributed by atoms with Crippen LogP contribution in [0.15, 0.2) is 0 Å². The largest absolute Gasteiger partial charge is 0.391 e. The number of aryl methyl sites for hydroxylation is 2. The molecule has 0 aliphatic rings. The summed E-state index contributed by atoms with van der Waals surface area (Å²) in [5.74, 6) is 0. The van der Waals surface area contributed by atoms with Gasteiger partial charge in [0, 0.05) is 19.2 Å². The van der Waals surface area contributed by atoms with Crippen LogP contribution in [0.5, 0.6) is 0 Å². The molecule has 2 atom stereocenters. The molecule has 1 aromatic rings. The van der Waals surface area contributed by atoms with E-state index >= 15 is 0 Å². The summed E-state index contributed by atoms with van der Waals surface area (Å²) in [6.07, 6.45) is 1.03. The Kier molecular flexibility index (Phi) is 5.41. The van der Waals surface area contributed by atoms with Gasteiger partial charge in [-0.3, -0.25) is 4.68 Å². The molecule has 19 heavy (non-hydrogen) atoms. The summed E-state index contributed by atoms with van der Waals surface area (Å²) in [6, 6.07) is 0. The van der Waals surface area contributed by atoms with Gasteiger partial charge in [0.15, 0.2) is 9.84 Å². The maximum atomic E-state index is 11.4. The van der Waals surface area contributed by atoms with E-state index in [0.29, 0.717) is 23.7 Å². The Labute approximate surface area is 119 Å². The third-order valence-electron chi connectivity index (χ3n) is 3.31. The fourth-order valence-corrected chi connectivity index (χ4v) is 2.87. The summed E-state index contributed by atoms with van der Waals surface area (Å²) in [7, 11) is -3.28. The van der Waals surface area contributed by atoms with E-state index in [1.54, 1.807) is 4.68 Å². The van der Waals surface area contributed by atoms with Crippen molar-refractivity contribution in [2.75, 3.05) is 6.26 Å². The van der Waals surface area contributed by atoms with Crippen molar-refractivity contribution in [3.8, 4) is 0 Å². The molecule has 1 rings (SSSR count). The highest BCUT2D eigenvalue weighted by atomic mass is 35.5. The number of hydrogen-bond donors (Lipinski definition) is 1. The second-order valence-corrected chi connectivity index (χ2v) is 7.46. The van der Waals surface area contributed by atoms with Crippen molar-refractivity contribution in [1.82, 2.24) is 9.78 Å². The average Bonchev–Trinajstić information content (AvgIpc) is 2.64. The highest BCUT2D eigenvalue weighted by Gasteiger charge is 2.27. The molecule has 2 unspecified atom stereocenters. The third kappa shape index (κ3) is 3.70. The molecule has 110 valence electrons. The van der Waals surface area contributed by atoms with Crippen LogP contribution in [0.25, 0.3) is 0 Å². The maximum absolute atomic E-state index is 11.4. The van der Waals surface area contributed by atoms with E-state index in [0.717, 1.165) is 11.9 Å². The van der Waals surface area contributed by atoms with Crippen molar-refractivity contribution in [3.63, 3.8) is 0 Å². The van der Waals surface area contributed by atoms with E-state index in [2.05, 4.69) is 5.10 Å². The summed E-state index contributed by atoms with van der Waals surface area (Å²) in [5.41, 5.74) is 1.47. The molecule has 0 saturated carbocycles. The summed E-state index contributed by atoms with van der Waals surface area (Å²) < 4.78 is 24.6. The Morgan fingerprint density at radius 3 is 2.42 bits per heavy atom. The number of aliphatic hydroxyl groups is 1. The monoisotopic (exact) mass is 308 g/mol. The van der Waals surface area contributed by atoms with Gasteiger partial charge in [0.05, 0.1) is 27.8 Å². The quantitative estimate of drug-likeness (QED) is 0.863. The number of halogens is 1. The predicted octanol–water partition coefficient (Wildman–Crippen LogP) is 1.46. The molecular formula is C12H21ClN2O3S. The fourth-order valence-electron chi connectivity index (χ4n) is 1.86. The van der Waals surface area contributed by atoms with Crippen LogP contribution in [-0.2, 0) is 29.2 Å². The highest BCUT2D eigenvalue weighted by Crippen LogP contribution is 2.24. The van der Waals surface area contributed by atoms with Crippen molar-refractivity contribution in [1.29, 1.82) is 0 Å². The molecule has 0 aliphatic heterocycles. The van der Waals surface area contributed by atoms with E-state index in [4.69, 9.17) is 11.6 Å². The lowest BCUT2D eigenvalue weighted by Crippen LogP contribution is -2.33. The molecule has 0 bridgehead atoms. The number of rotatable bonds is 6. The minimum atomic E-state index is -3.28. The van der Waals surface area contributed by atoms with Crippen LogP contribution >= 0.6 is 11.6 Å². The fraction of sp³-hybridized carbons (Fsp3) is 0.750. The standard InChI is InChI=1S/C12H21ClN2O3S/c1-5-9-12(13)10(15(6-2)14-9)7-11(16)8(3)19(4,17)18/h8,11,16H,5-7H2,1-4H3. The van der Waals surface area contributed by atoms with E-state index in [1.165, 1.54) is 6.92 Å². The van der Waals surface area contributed by atoms with Gasteiger partial charge < -0.3 is 5.11 Å². The minimum absolute atomic E-state index is 0.188. The number of aliphatic hydroxyl groups excluding tert-OH is 1. The van der Waals surface area contributed by atoms with Gasteiger partial charge in [-0.25, -0.2) is 8.42 Å². The molecule has 0 aromatic carbocycles. The maximum Gasteiger partial charge on any atom is 0.152 e. The van der Waals surface area contributed by atoms with Gasteiger partial charge in [0.1, 0.15) is 0 Å². The molecule has 0 spiro atoms. The van der Waals surface area contributed by atoms with Crippen molar-refractivity contribution >= 4 is 21.4 Å². The number of sulfone groups is 1. The Morgan fingerprint density at radius 2 is 2.00 bits per heavy atom. The van der Waals surface area contributed by atoms with Crippen LogP contribution in [0.4, 0.5) is 0 Å². The molecule has 1 N–H and O–H groups in total. The van der Waals surface area contributed by atoms with Crippen LogP contribution < -0.4 is 0 Å². The summed E-state index contributed by atoms with van der Waals surface area (Å²) in [5, 5.41) is 14.1. The molecule has 1 heterocycles. The van der Waals surface area contributed by atoms with Gasteiger partial charge in [-0.05, 0) is 20.3 Å². The number of hydrogen-bond acceptors (Lipinski definition) is 4. The van der Waals surface area contributed by atoms with Gasteiger partial charge in [-0.15, -0.1) is 0 Å².